The quantitative estimate of drug-likeness (QED) is 0.688. The van der Waals surface area contributed by atoms with Crippen LogP contribution in [0.2, 0.25) is 0 Å². The Morgan fingerprint density at radius 2 is 1.65 bits per heavy atom. The van der Waals surface area contributed by atoms with Crippen LogP contribution >= 0.6 is 0 Å². The van der Waals surface area contributed by atoms with E-state index in [0.717, 1.165) is 0 Å². The lowest BCUT2D eigenvalue weighted by Gasteiger charge is -2.28. The molecule has 3 saturated carbocycles. The zero-order valence-corrected chi connectivity index (χ0v) is 13.7. The molecule has 6 atom stereocenters. The minimum absolute atomic E-state index is 0.0795. The van der Waals surface area contributed by atoms with Gasteiger partial charge in [0, 0.05) is 19.0 Å². The van der Waals surface area contributed by atoms with Crippen LogP contribution in [0.5, 0.6) is 0 Å². The number of amides is 1. The van der Waals surface area contributed by atoms with E-state index in [2.05, 4.69) is 0 Å². The highest BCUT2D eigenvalue weighted by molar-refractivity contribution is 7.91. The van der Waals surface area contributed by atoms with Crippen molar-refractivity contribution in [2.75, 3.05) is 24.6 Å². The predicted octanol–water partition coefficient (Wildman–Crippen LogP) is 0.244. The smallest absolute Gasteiger partial charge is 0.247 e. The first kappa shape index (κ1) is 15.1. The lowest BCUT2D eigenvalue weighted by Crippen LogP contribution is -2.47. The highest BCUT2D eigenvalue weighted by Gasteiger charge is 2.68. The van der Waals surface area contributed by atoms with Crippen LogP contribution < -0.4 is 0 Å². The van der Waals surface area contributed by atoms with Crippen molar-refractivity contribution in [3.8, 4) is 6.07 Å². The Labute approximate surface area is 135 Å². The summed E-state index contributed by atoms with van der Waals surface area (Å²) in [5.74, 6) is -0.148. The third kappa shape index (κ3) is 2.30. The summed E-state index contributed by atoms with van der Waals surface area (Å²) in [5.41, 5.74) is 0. The summed E-state index contributed by atoms with van der Waals surface area (Å²) in [5, 5.41) is 9.35. The molecule has 4 fully saturated rings. The van der Waals surface area contributed by atoms with E-state index < -0.39 is 21.7 Å². The summed E-state index contributed by atoms with van der Waals surface area (Å²) in [6.07, 6.45) is 3.59. The van der Waals surface area contributed by atoms with Crippen molar-refractivity contribution < 1.29 is 18.0 Å². The standard InChI is InChI=1S/C16H20N2O4S/c17-8-11(16(20)18-3-5-23(21,22)6-4-18)15(19)14-12-9-1-2-10(7-9)13(12)14/h9-14H,1-7H2/t9-,10+,11?,12+,13-,14?. The number of carbonyl (C=O) groups is 2. The van der Waals surface area contributed by atoms with Gasteiger partial charge < -0.3 is 4.90 Å². The van der Waals surface area contributed by atoms with Crippen molar-refractivity contribution in [2.24, 2.45) is 35.5 Å². The van der Waals surface area contributed by atoms with E-state index in [9.17, 15) is 23.3 Å². The van der Waals surface area contributed by atoms with Gasteiger partial charge in [0.25, 0.3) is 0 Å². The summed E-state index contributed by atoms with van der Waals surface area (Å²) in [6, 6.07) is 1.89. The summed E-state index contributed by atoms with van der Waals surface area (Å²) >= 11 is 0. The normalized spacial score (nSPS) is 41.0. The Bertz CT molecular complexity index is 680. The molecule has 4 rings (SSSR count). The molecule has 0 N–H and O–H groups in total. The van der Waals surface area contributed by atoms with Crippen molar-refractivity contribution in [1.82, 2.24) is 4.90 Å². The maximum atomic E-state index is 12.7. The number of Topliss-reactive ketones (excluding diaryl/α,β-unsaturated/α-hetero) is 1. The third-order valence-electron chi connectivity index (χ3n) is 6.38. The van der Waals surface area contributed by atoms with Crippen LogP contribution in [0.3, 0.4) is 0 Å². The van der Waals surface area contributed by atoms with Gasteiger partial charge >= 0.3 is 0 Å². The number of nitriles is 1. The van der Waals surface area contributed by atoms with E-state index in [1.165, 1.54) is 24.2 Å². The van der Waals surface area contributed by atoms with E-state index >= 15 is 0 Å². The molecule has 23 heavy (non-hydrogen) atoms. The molecule has 3 aliphatic carbocycles. The van der Waals surface area contributed by atoms with Gasteiger partial charge in [0.05, 0.1) is 17.6 Å². The zero-order chi connectivity index (χ0) is 16.4. The van der Waals surface area contributed by atoms with Gasteiger partial charge in [-0.2, -0.15) is 5.26 Å². The lowest BCUT2D eigenvalue weighted by atomic mass is 9.92. The van der Waals surface area contributed by atoms with Crippen LogP contribution in [-0.2, 0) is 19.4 Å². The molecular weight excluding hydrogens is 316 g/mol. The predicted molar refractivity (Wildman–Crippen MR) is 80.6 cm³/mol. The van der Waals surface area contributed by atoms with E-state index in [1.807, 2.05) is 6.07 Å². The molecule has 7 heteroatoms. The van der Waals surface area contributed by atoms with Gasteiger partial charge in [-0.3, -0.25) is 9.59 Å². The molecule has 2 bridgehead atoms. The number of hydrogen-bond donors (Lipinski definition) is 0. The van der Waals surface area contributed by atoms with Gasteiger partial charge in [0.15, 0.2) is 21.5 Å². The second kappa shape index (κ2) is 5.04. The largest absolute Gasteiger partial charge is 0.339 e. The first-order valence-electron chi connectivity index (χ1n) is 8.35. The second-order valence-corrected chi connectivity index (χ2v) is 9.76. The van der Waals surface area contributed by atoms with Gasteiger partial charge in [-0.1, -0.05) is 0 Å². The van der Waals surface area contributed by atoms with Gasteiger partial charge in [0.1, 0.15) is 0 Å². The molecule has 1 heterocycles. The van der Waals surface area contributed by atoms with Crippen LogP contribution in [-0.4, -0.2) is 49.6 Å². The summed E-state index contributed by atoms with van der Waals surface area (Å²) < 4.78 is 22.9. The first-order chi connectivity index (χ1) is 10.9. The molecular formula is C16H20N2O4S. The van der Waals surface area contributed by atoms with E-state index in [4.69, 9.17) is 0 Å². The Morgan fingerprint density at radius 3 is 2.17 bits per heavy atom. The maximum absolute atomic E-state index is 12.7. The second-order valence-electron chi connectivity index (χ2n) is 7.46. The van der Waals surface area contributed by atoms with Crippen LogP contribution in [0, 0.1) is 46.8 Å². The van der Waals surface area contributed by atoms with Crippen molar-refractivity contribution in [1.29, 1.82) is 5.26 Å². The molecule has 0 spiro atoms. The average Bonchev–Trinajstić information content (AvgIpc) is 2.95. The Morgan fingerprint density at radius 1 is 1.09 bits per heavy atom. The summed E-state index contributed by atoms with van der Waals surface area (Å²) in [6.45, 7) is 0.185. The van der Waals surface area contributed by atoms with Gasteiger partial charge in [-0.05, 0) is 42.9 Å². The highest BCUT2D eigenvalue weighted by Crippen LogP contribution is 2.69. The maximum Gasteiger partial charge on any atom is 0.247 e. The third-order valence-corrected chi connectivity index (χ3v) is 7.99. The Hall–Kier alpha value is -1.42. The minimum atomic E-state index is -3.09. The van der Waals surface area contributed by atoms with Crippen LogP contribution in [0.1, 0.15) is 19.3 Å². The summed E-state index contributed by atoms with van der Waals surface area (Å²) in [4.78, 5) is 26.6. The van der Waals surface area contributed by atoms with Crippen molar-refractivity contribution in [2.45, 2.75) is 19.3 Å². The molecule has 4 aliphatic rings. The molecule has 0 aromatic rings. The number of fused-ring (bicyclic) bond motifs is 5. The van der Waals surface area contributed by atoms with Gasteiger partial charge in [-0.15, -0.1) is 0 Å². The van der Waals surface area contributed by atoms with Crippen molar-refractivity contribution in [3.05, 3.63) is 0 Å². The van der Waals surface area contributed by atoms with E-state index in [0.29, 0.717) is 23.7 Å². The van der Waals surface area contributed by atoms with Gasteiger partial charge in [-0.25, -0.2) is 8.42 Å². The Kier molecular flexibility index (Phi) is 3.31. The number of sulfone groups is 1. The molecule has 0 aromatic carbocycles. The van der Waals surface area contributed by atoms with Crippen LogP contribution in [0.25, 0.3) is 0 Å². The van der Waals surface area contributed by atoms with Crippen molar-refractivity contribution >= 4 is 21.5 Å². The van der Waals surface area contributed by atoms with Gasteiger partial charge in [0.2, 0.25) is 5.91 Å². The molecule has 6 nitrogen and oxygen atoms in total. The monoisotopic (exact) mass is 336 g/mol. The average molecular weight is 336 g/mol. The molecule has 1 amide bonds. The van der Waals surface area contributed by atoms with Crippen molar-refractivity contribution in [3.63, 3.8) is 0 Å². The van der Waals surface area contributed by atoms with Crippen LogP contribution in [0.4, 0.5) is 0 Å². The molecule has 124 valence electrons. The molecule has 1 aliphatic heterocycles. The first-order valence-corrected chi connectivity index (χ1v) is 10.2. The number of rotatable bonds is 3. The number of ketones is 1. The summed E-state index contributed by atoms with van der Waals surface area (Å²) in [7, 11) is -3.09. The number of nitrogens with zero attached hydrogens (tertiary/aromatic N) is 2. The topological polar surface area (TPSA) is 95.3 Å². The van der Waals surface area contributed by atoms with Crippen LogP contribution in [0.15, 0.2) is 0 Å². The molecule has 1 saturated heterocycles. The Balaban J connectivity index is 1.44. The van der Waals surface area contributed by atoms with E-state index in [1.54, 1.807) is 0 Å². The fraction of sp³-hybridized carbons (Fsp3) is 0.812. The zero-order valence-electron chi connectivity index (χ0n) is 12.8. The SMILES string of the molecule is N#CC(C(=O)C1[C@@H]2[C@H]3CC[C@H](C3)[C@H]12)C(=O)N1CCS(=O)(=O)CC1. The minimum Gasteiger partial charge on any atom is -0.339 e. The lowest BCUT2D eigenvalue weighted by molar-refractivity contribution is -0.139. The number of hydrogen-bond acceptors (Lipinski definition) is 5. The molecule has 0 aromatic heterocycles. The molecule has 2 unspecified atom stereocenters. The fourth-order valence-corrected chi connectivity index (χ4v) is 6.45. The van der Waals surface area contributed by atoms with E-state index in [-0.39, 0.29) is 36.3 Å². The highest BCUT2D eigenvalue weighted by atomic mass is 32.2. The molecule has 0 radical (unpaired) electrons. The fourth-order valence-electron chi connectivity index (χ4n) is 5.25. The number of carbonyl (C=O) groups excluding carboxylic acids is 2.